The molecule has 0 radical (unpaired) electrons. The van der Waals surface area contributed by atoms with Crippen LogP contribution in [0.2, 0.25) is 0 Å². The number of nitrogens with one attached hydrogen (secondary N) is 1. The van der Waals surface area contributed by atoms with Crippen LogP contribution < -0.4 is 15.0 Å². The zero-order valence-corrected chi connectivity index (χ0v) is 16.6. The minimum absolute atomic E-state index is 0.382. The third-order valence-corrected chi connectivity index (χ3v) is 5.28. The Hall–Kier alpha value is -2.96. The van der Waals surface area contributed by atoms with E-state index in [1.807, 2.05) is 25.1 Å². The fourth-order valence-corrected chi connectivity index (χ4v) is 3.58. The molecule has 1 aliphatic rings. The first kappa shape index (κ1) is 18.4. The molecule has 4 rings (SSSR count). The van der Waals surface area contributed by atoms with Crippen LogP contribution in [0, 0.1) is 6.92 Å². The SMILES string of the molecule is CCc1cc(N2CCC(Nc3nc4ccc(OC)cc4nc3C)CC2)ncn1. The Balaban J connectivity index is 1.43. The summed E-state index contributed by atoms with van der Waals surface area (Å²) in [6.07, 6.45) is 4.67. The first-order valence-electron chi connectivity index (χ1n) is 9.81. The zero-order valence-electron chi connectivity index (χ0n) is 16.6. The van der Waals surface area contributed by atoms with E-state index in [9.17, 15) is 0 Å². The summed E-state index contributed by atoms with van der Waals surface area (Å²) in [5, 5.41) is 3.60. The highest BCUT2D eigenvalue weighted by atomic mass is 16.5. The number of fused-ring (bicyclic) bond motifs is 1. The lowest BCUT2D eigenvalue weighted by Crippen LogP contribution is -2.39. The number of benzene rings is 1. The van der Waals surface area contributed by atoms with Crippen molar-refractivity contribution in [3.8, 4) is 5.75 Å². The molecule has 3 aromatic rings. The van der Waals surface area contributed by atoms with E-state index in [1.54, 1.807) is 13.4 Å². The van der Waals surface area contributed by atoms with Gasteiger partial charge in [0, 0.05) is 37.0 Å². The number of anilines is 2. The van der Waals surface area contributed by atoms with E-state index in [-0.39, 0.29) is 0 Å². The molecular formula is C21H26N6O. The largest absolute Gasteiger partial charge is 0.497 e. The standard InChI is InChI=1S/C21H26N6O/c1-4-15-11-20(23-13-22-15)27-9-7-16(8-10-27)25-21-14(2)24-19-12-17(28-3)5-6-18(19)26-21/h5-6,11-13,16H,4,7-10H2,1-3H3,(H,25,26). The quantitative estimate of drug-likeness (QED) is 0.729. The summed E-state index contributed by atoms with van der Waals surface area (Å²) < 4.78 is 5.28. The maximum atomic E-state index is 5.28. The monoisotopic (exact) mass is 378 g/mol. The number of rotatable bonds is 5. The average molecular weight is 378 g/mol. The van der Waals surface area contributed by atoms with Gasteiger partial charge < -0.3 is 15.0 Å². The van der Waals surface area contributed by atoms with Gasteiger partial charge in [-0.1, -0.05) is 6.92 Å². The number of hydrogen-bond donors (Lipinski definition) is 1. The number of nitrogens with zero attached hydrogens (tertiary/aromatic N) is 5. The Morgan fingerprint density at radius 1 is 1.11 bits per heavy atom. The van der Waals surface area contributed by atoms with Crippen LogP contribution >= 0.6 is 0 Å². The molecule has 0 atom stereocenters. The lowest BCUT2D eigenvalue weighted by molar-refractivity contribution is 0.415. The highest BCUT2D eigenvalue weighted by Crippen LogP contribution is 2.24. The van der Waals surface area contributed by atoms with Crippen molar-refractivity contribution < 1.29 is 4.74 Å². The third-order valence-electron chi connectivity index (χ3n) is 5.28. The van der Waals surface area contributed by atoms with E-state index in [1.165, 1.54) is 0 Å². The Kier molecular flexibility index (Phi) is 5.23. The summed E-state index contributed by atoms with van der Waals surface area (Å²) >= 11 is 0. The van der Waals surface area contributed by atoms with Gasteiger partial charge in [-0.2, -0.15) is 0 Å². The highest BCUT2D eigenvalue weighted by Gasteiger charge is 2.21. The van der Waals surface area contributed by atoms with Crippen LogP contribution in [0.15, 0.2) is 30.6 Å². The van der Waals surface area contributed by atoms with Crippen molar-refractivity contribution in [2.75, 3.05) is 30.4 Å². The van der Waals surface area contributed by atoms with Crippen molar-refractivity contribution in [1.29, 1.82) is 0 Å². The van der Waals surface area contributed by atoms with Crippen LogP contribution in [0.5, 0.6) is 5.75 Å². The molecule has 0 unspecified atom stereocenters. The zero-order chi connectivity index (χ0) is 19.5. The highest BCUT2D eigenvalue weighted by molar-refractivity contribution is 5.78. The number of aromatic nitrogens is 4. The molecule has 1 fully saturated rings. The molecule has 0 spiro atoms. The molecule has 3 heterocycles. The van der Waals surface area contributed by atoms with Crippen molar-refractivity contribution >= 4 is 22.7 Å². The van der Waals surface area contributed by atoms with Gasteiger partial charge in [0.15, 0.2) is 0 Å². The van der Waals surface area contributed by atoms with Gasteiger partial charge >= 0.3 is 0 Å². The predicted molar refractivity (Wildman–Crippen MR) is 111 cm³/mol. The molecule has 0 saturated carbocycles. The Bertz CT molecular complexity index is 968. The van der Waals surface area contributed by atoms with E-state index < -0.39 is 0 Å². The van der Waals surface area contributed by atoms with Gasteiger partial charge in [-0.3, -0.25) is 0 Å². The maximum Gasteiger partial charge on any atom is 0.148 e. The second-order valence-corrected chi connectivity index (χ2v) is 7.14. The first-order valence-corrected chi connectivity index (χ1v) is 9.81. The lowest BCUT2D eigenvalue weighted by atomic mass is 10.0. The molecule has 0 aliphatic carbocycles. The third kappa shape index (κ3) is 3.83. The van der Waals surface area contributed by atoms with Gasteiger partial charge in [-0.15, -0.1) is 0 Å². The summed E-state index contributed by atoms with van der Waals surface area (Å²) in [6.45, 7) is 6.05. The van der Waals surface area contributed by atoms with E-state index in [0.717, 1.165) is 72.2 Å². The van der Waals surface area contributed by atoms with Gasteiger partial charge in [0.05, 0.1) is 23.8 Å². The fourth-order valence-electron chi connectivity index (χ4n) is 3.58. The van der Waals surface area contributed by atoms with Crippen LogP contribution in [-0.4, -0.2) is 46.2 Å². The van der Waals surface area contributed by atoms with Gasteiger partial charge in [0.1, 0.15) is 23.7 Å². The molecule has 1 aromatic carbocycles. The Labute approximate surface area is 165 Å². The molecule has 28 heavy (non-hydrogen) atoms. The molecule has 7 heteroatoms. The van der Waals surface area contributed by atoms with Gasteiger partial charge in [0.25, 0.3) is 0 Å². The van der Waals surface area contributed by atoms with Crippen LogP contribution in [0.4, 0.5) is 11.6 Å². The van der Waals surface area contributed by atoms with Crippen LogP contribution in [0.1, 0.15) is 31.2 Å². The summed E-state index contributed by atoms with van der Waals surface area (Å²) in [5.41, 5.74) is 3.72. The van der Waals surface area contributed by atoms with E-state index in [0.29, 0.717) is 6.04 Å². The molecule has 0 amide bonds. The van der Waals surface area contributed by atoms with Crippen molar-refractivity contribution in [2.45, 2.75) is 39.2 Å². The molecule has 146 valence electrons. The topological polar surface area (TPSA) is 76.1 Å². The summed E-state index contributed by atoms with van der Waals surface area (Å²) in [5.74, 6) is 2.69. The van der Waals surface area contributed by atoms with Crippen LogP contribution in [0.25, 0.3) is 11.0 Å². The number of methoxy groups -OCH3 is 1. The molecule has 1 saturated heterocycles. The minimum atomic E-state index is 0.382. The van der Waals surface area contributed by atoms with E-state index in [4.69, 9.17) is 14.7 Å². The molecule has 2 aromatic heterocycles. The molecule has 7 nitrogen and oxygen atoms in total. The molecule has 1 N–H and O–H groups in total. The van der Waals surface area contributed by atoms with Crippen molar-refractivity contribution in [1.82, 2.24) is 19.9 Å². The second kappa shape index (κ2) is 7.96. The predicted octanol–water partition coefficient (Wildman–Crippen LogP) is 3.38. The van der Waals surface area contributed by atoms with E-state index >= 15 is 0 Å². The van der Waals surface area contributed by atoms with Gasteiger partial charge in [-0.25, -0.2) is 19.9 Å². The first-order chi connectivity index (χ1) is 13.7. The summed E-state index contributed by atoms with van der Waals surface area (Å²) in [7, 11) is 1.66. The van der Waals surface area contributed by atoms with Gasteiger partial charge in [0.2, 0.25) is 0 Å². The van der Waals surface area contributed by atoms with Crippen molar-refractivity contribution in [3.05, 3.63) is 42.0 Å². The number of hydrogen-bond acceptors (Lipinski definition) is 7. The second-order valence-electron chi connectivity index (χ2n) is 7.14. The van der Waals surface area contributed by atoms with Gasteiger partial charge in [-0.05, 0) is 38.3 Å². The molecule has 0 bridgehead atoms. The summed E-state index contributed by atoms with van der Waals surface area (Å²) in [4.78, 5) is 20.6. The van der Waals surface area contributed by atoms with Crippen molar-refractivity contribution in [2.24, 2.45) is 0 Å². The average Bonchev–Trinajstić information content (AvgIpc) is 2.74. The van der Waals surface area contributed by atoms with Crippen molar-refractivity contribution in [3.63, 3.8) is 0 Å². The van der Waals surface area contributed by atoms with Crippen LogP contribution in [0.3, 0.4) is 0 Å². The minimum Gasteiger partial charge on any atom is -0.497 e. The summed E-state index contributed by atoms with van der Waals surface area (Å²) in [6, 6.07) is 8.27. The fraction of sp³-hybridized carbons (Fsp3) is 0.429. The molecule has 1 aliphatic heterocycles. The normalized spacial score (nSPS) is 15.0. The van der Waals surface area contributed by atoms with Crippen LogP contribution in [-0.2, 0) is 6.42 Å². The number of ether oxygens (including phenoxy) is 1. The number of piperidine rings is 1. The maximum absolute atomic E-state index is 5.28. The van der Waals surface area contributed by atoms with E-state index in [2.05, 4.69) is 33.2 Å². The molecular weight excluding hydrogens is 352 g/mol. The lowest BCUT2D eigenvalue weighted by Gasteiger charge is -2.33. The smallest absolute Gasteiger partial charge is 0.148 e. The number of aryl methyl sites for hydroxylation is 2. The Morgan fingerprint density at radius 2 is 1.93 bits per heavy atom. The Morgan fingerprint density at radius 3 is 2.68 bits per heavy atom.